The van der Waals surface area contributed by atoms with E-state index in [9.17, 15) is 5.11 Å². The van der Waals surface area contributed by atoms with E-state index in [1.165, 1.54) is 32.3 Å². The molecule has 108 valence electrons. The van der Waals surface area contributed by atoms with E-state index < -0.39 is 0 Å². The Morgan fingerprint density at radius 1 is 0.435 bits per heavy atom. The molecule has 0 unspecified atom stereocenters. The van der Waals surface area contributed by atoms with Crippen molar-refractivity contribution in [3.63, 3.8) is 0 Å². The second-order valence-corrected chi connectivity index (χ2v) is 6.05. The number of hydrogen-bond acceptors (Lipinski definition) is 1. The third kappa shape index (κ3) is 1.80. The Morgan fingerprint density at radius 3 is 1.74 bits per heavy atom. The zero-order valence-electron chi connectivity index (χ0n) is 12.5. The van der Waals surface area contributed by atoms with Gasteiger partial charge in [0.15, 0.2) is 0 Å². The molecule has 0 radical (unpaired) electrons. The van der Waals surface area contributed by atoms with E-state index in [4.69, 9.17) is 0 Å². The molecule has 23 heavy (non-hydrogen) atoms. The third-order valence-electron chi connectivity index (χ3n) is 4.68. The van der Waals surface area contributed by atoms with Crippen LogP contribution in [-0.4, -0.2) is 5.11 Å². The predicted molar refractivity (Wildman–Crippen MR) is 98.1 cm³/mol. The maximum absolute atomic E-state index is 9.84. The lowest BCUT2D eigenvalue weighted by atomic mass is 9.95. The molecule has 0 aliphatic heterocycles. The van der Waals surface area contributed by atoms with E-state index in [-0.39, 0.29) is 0 Å². The fraction of sp³-hybridized carbons (Fsp3) is 0. The molecule has 0 spiro atoms. The van der Waals surface area contributed by atoms with E-state index in [0.29, 0.717) is 5.75 Å². The van der Waals surface area contributed by atoms with Crippen LogP contribution in [0.25, 0.3) is 43.1 Å². The second kappa shape index (κ2) is 4.47. The van der Waals surface area contributed by atoms with Gasteiger partial charge in [-0.25, -0.2) is 0 Å². The second-order valence-electron chi connectivity index (χ2n) is 6.05. The summed E-state index contributed by atoms with van der Waals surface area (Å²) >= 11 is 0. The Kier molecular flexibility index (Phi) is 2.42. The lowest BCUT2D eigenvalue weighted by Crippen LogP contribution is -1.82. The minimum Gasteiger partial charge on any atom is -0.508 e. The van der Waals surface area contributed by atoms with Gasteiger partial charge in [-0.2, -0.15) is 0 Å². The highest BCUT2D eigenvalue weighted by Gasteiger charge is 2.06. The first-order valence-corrected chi connectivity index (χ1v) is 7.77. The van der Waals surface area contributed by atoms with E-state index in [0.717, 1.165) is 10.8 Å². The van der Waals surface area contributed by atoms with Gasteiger partial charge in [0.05, 0.1) is 0 Å². The molecule has 0 atom stereocenters. The van der Waals surface area contributed by atoms with Crippen LogP contribution in [0.2, 0.25) is 0 Å². The molecule has 0 aliphatic carbocycles. The maximum Gasteiger partial charge on any atom is 0.116 e. The fourth-order valence-corrected chi connectivity index (χ4v) is 3.55. The summed E-state index contributed by atoms with van der Waals surface area (Å²) in [7, 11) is 0. The topological polar surface area (TPSA) is 20.2 Å². The van der Waals surface area contributed by atoms with E-state index in [1.54, 1.807) is 6.07 Å². The molecule has 5 rings (SSSR count). The predicted octanol–water partition coefficient (Wildman–Crippen LogP) is 6.01. The number of rotatable bonds is 0. The molecule has 0 fully saturated rings. The van der Waals surface area contributed by atoms with Crippen LogP contribution in [0.1, 0.15) is 0 Å². The number of hydrogen-bond donors (Lipinski definition) is 1. The van der Waals surface area contributed by atoms with Gasteiger partial charge < -0.3 is 5.11 Å². The van der Waals surface area contributed by atoms with Gasteiger partial charge in [0.25, 0.3) is 0 Å². The lowest BCUT2D eigenvalue weighted by Gasteiger charge is -2.09. The first kappa shape index (κ1) is 12.5. The molecule has 0 saturated carbocycles. The lowest BCUT2D eigenvalue weighted by molar-refractivity contribution is 0.476. The summed E-state index contributed by atoms with van der Waals surface area (Å²) in [6.45, 7) is 0. The average molecular weight is 294 g/mol. The summed E-state index contributed by atoms with van der Waals surface area (Å²) in [6.07, 6.45) is 0. The van der Waals surface area contributed by atoms with Crippen LogP contribution >= 0.6 is 0 Å². The zero-order chi connectivity index (χ0) is 15.4. The molecule has 0 saturated heterocycles. The summed E-state index contributed by atoms with van der Waals surface area (Å²) in [4.78, 5) is 0. The number of aromatic hydroxyl groups is 1. The quantitative estimate of drug-likeness (QED) is 0.274. The Balaban J connectivity index is 2.00. The molecule has 0 aliphatic rings. The maximum atomic E-state index is 9.84. The van der Waals surface area contributed by atoms with E-state index in [2.05, 4.69) is 60.7 Å². The number of phenolic OH excluding ortho intramolecular Hbond substituents is 1. The van der Waals surface area contributed by atoms with E-state index in [1.807, 2.05) is 12.1 Å². The van der Waals surface area contributed by atoms with Gasteiger partial charge in [-0.05, 0) is 67.4 Å². The Hall–Kier alpha value is -3.06. The van der Waals surface area contributed by atoms with Crippen LogP contribution in [0.3, 0.4) is 0 Å². The Morgan fingerprint density at radius 2 is 0.957 bits per heavy atom. The first-order valence-electron chi connectivity index (χ1n) is 7.77. The van der Waals surface area contributed by atoms with Crippen molar-refractivity contribution in [2.24, 2.45) is 0 Å². The van der Waals surface area contributed by atoms with Crippen molar-refractivity contribution in [2.45, 2.75) is 0 Å². The molecule has 1 N–H and O–H groups in total. The molecule has 0 heterocycles. The van der Waals surface area contributed by atoms with Crippen LogP contribution in [0.5, 0.6) is 5.75 Å². The number of phenols is 1. The highest BCUT2D eigenvalue weighted by Crippen LogP contribution is 2.34. The number of benzene rings is 5. The summed E-state index contributed by atoms with van der Waals surface area (Å²) in [5.74, 6) is 0.309. The van der Waals surface area contributed by atoms with Crippen LogP contribution in [0.15, 0.2) is 78.9 Å². The minimum absolute atomic E-state index is 0.309. The van der Waals surface area contributed by atoms with Gasteiger partial charge in [-0.3, -0.25) is 0 Å². The molecule has 1 heteroatoms. The highest BCUT2D eigenvalue weighted by molar-refractivity contribution is 6.17. The van der Waals surface area contributed by atoms with Crippen LogP contribution < -0.4 is 0 Å². The van der Waals surface area contributed by atoms with Crippen molar-refractivity contribution < 1.29 is 5.11 Å². The third-order valence-corrected chi connectivity index (χ3v) is 4.68. The molecule has 5 aromatic carbocycles. The summed E-state index contributed by atoms with van der Waals surface area (Å²) in [5.41, 5.74) is 0. The molecule has 5 aromatic rings. The normalized spacial score (nSPS) is 11.7. The van der Waals surface area contributed by atoms with Gasteiger partial charge >= 0.3 is 0 Å². The van der Waals surface area contributed by atoms with Gasteiger partial charge in [0.2, 0.25) is 0 Å². The van der Waals surface area contributed by atoms with Crippen molar-refractivity contribution in [3.8, 4) is 5.75 Å². The van der Waals surface area contributed by atoms with Gasteiger partial charge in [-0.1, -0.05) is 54.6 Å². The SMILES string of the molecule is Oc1ccc2ccc3cc4c(ccc5ccccc54)cc3c2c1. The monoisotopic (exact) mass is 294 g/mol. The van der Waals surface area contributed by atoms with Gasteiger partial charge in [0.1, 0.15) is 5.75 Å². The molecule has 0 aromatic heterocycles. The van der Waals surface area contributed by atoms with Gasteiger partial charge in [0, 0.05) is 0 Å². The molecule has 0 amide bonds. The molecular weight excluding hydrogens is 280 g/mol. The van der Waals surface area contributed by atoms with Crippen molar-refractivity contribution in [1.29, 1.82) is 0 Å². The van der Waals surface area contributed by atoms with Crippen molar-refractivity contribution in [2.75, 3.05) is 0 Å². The Labute approximate surface area is 133 Å². The van der Waals surface area contributed by atoms with Crippen LogP contribution in [0.4, 0.5) is 0 Å². The average Bonchev–Trinajstić information content (AvgIpc) is 2.60. The smallest absolute Gasteiger partial charge is 0.116 e. The molecule has 0 bridgehead atoms. The van der Waals surface area contributed by atoms with Gasteiger partial charge in [-0.15, -0.1) is 0 Å². The summed E-state index contributed by atoms with van der Waals surface area (Å²) < 4.78 is 0. The van der Waals surface area contributed by atoms with Crippen molar-refractivity contribution >= 4 is 43.1 Å². The highest BCUT2D eigenvalue weighted by atomic mass is 16.3. The first-order chi connectivity index (χ1) is 11.3. The van der Waals surface area contributed by atoms with Crippen LogP contribution in [0, 0.1) is 0 Å². The fourth-order valence-electron chi connectivity index (χ4n) is 3.55. The van der Waals surface area contributed by atoms with Crippen molar-refractivity contribution in [1.82, 2.24) is 0 Å². The number of fused-ring (bicyclic) bond motifs is 6. The summed E-state index contributed by atoms with van der Waals surface area (Å²) in [5, 5.41) is 19.5. The molecular formula is C22H14O. The minimum atomic E-state index is 0.309. The largest absolute Gasteiger partial charge is 0.508 e. The summed E-state index contributed by atoms with van der Waals surface area (Å²) in [6, 6.07) is 27.2. The zero-order valence-corrected chi connectivity index (χ0v) is 12.5. The molecule has 1 nitrogen and oxygen atoms in total. The standard InChI is InChI=1S/C22H14O/c23-18-10-9-15-6-8-17-11-20-16(12-21(17)22(15)13-18)7-5-14-3-1-2-4-19(14)20/h1-13,23H. The Bertz CT molecular complexity index is 1220. The van der Waals surface area contributed by atoms with Crippen LogP contribution in [-0.2, 0) is 0 Å². The van der Waals surface area contributed by atoms with E-state index >= 15 is 0 Å². The van der Waals surface area contributed by atoms with Crippen molar-refractivity contribution in [3.05, 3.63) is 78.9 Å².